The molecule has 0 aliphatic carbocycles. The van der Waals surface area contributed by atoms with Gasteiger partial charge in [0.05, 0.1) is 6.04 Å². The monoisotopic (exact) mass is 390 g/mol. The van der Waals surface area contributed by atoms with Crippen LogP contribution in [-0.4, -0.2) is 31.1 Å². The van der Waals surface area contributed by atoms with Gasteiger partial charge in [0, 0.05) is 19.6 Å². The molecule has 0 amide bonds. The molecule has 1 heterocycles. The van der Waals surface area contributed by atoms with Gasteiger partial charge < -0.3 is 10.1 Å². The van der Waals surface area contributed by atoms with E-state index in [1.165, 1.54) is 6.07 Å². The van der Waals surface area contributed by atoms with Gasteiger partial charge in [-0.15, -0.1) is 0 Å². The van der Waals surface area contributed by atoms with Crippen LogP contribution in [0.3, 0.4) is 0 Å². The molecular weight excluding hydrogens is 363 g/mol. The third kappa shape index (κ3) is 5.22. The van der Waals surface area contributed by atoms with E-state index in [1.54, 1.807) is 12.1 Å². The SMILES string of the molecule is Fc1cccc(C(c2cccc(OCc3ccccc3)c2)N2CCCNCC2)c1. The topological polar surface area (TPSA) is 24.5 Å². The average Bonchev–Trinajstić information content (AvgIpc) is 3.03. The number of ether oxygens (including phenoxy) is 1. The van der Waals surface area contributed by atoms with Gasteiger partial charge in [-0.25, -0.2) is 4.39 Å². The molecule has 1 N–H and O–H groups in total. The summed E-state index contributed by atoms with van der Waals surface area (Å²) in [6, 6.07) is 25.3. The van der Waals surface area contributed by atoms with Gasteiger partial charge in [-0.3, -0.25) is 4.90 Å². The molecule has 4 rings (SSSR count). The highest BCUT2D eigenvalue weighted by Crippen LogP contribution is 2.31. The minimum absolute atomic E-state index is 0.00544. The Bertz CT molecular complexity index is 907. The number of nitrogens with one attached hydrogen (secondary N) is 1. The van der Waals surface area contributed by atoms with E-state index in [1.807, 2.05) is 36.4 Å². The highest BCUT2D eigenvalue weighted by Gasteiger charge is 2.24. The van der Waals surface area contributed by atoms with Crippen molar-refractivity contribution >= 4 is 0 Å². The Kier molecular flexibility index (Phi) is 6.55. The Balaban J connectivity index is 1.61. The minimum Gasteiger partial charge on any atom is -0.489 e. The lowest BCUT2D eigenvalue weighted by Crippen LogP contribution is -2.33. The Labute approximate surface area is 172 Å². The number of hydrogen-bond acceptors (Lipinski definition) is 3. The van der Waals surface area contributed by atoms with Crippen molar-refractivity contribution in [3.8, 4) is 5.75 Å². The second-order valence-corrected chi connectivity index (χ2v) is 7.44. The average molecular weight is 391 g/mol. The summed E-state index contributed by atoms with van der Waals surface area (Å²) in [7, 11) is 0. The predicted octanol–water partition coefficient (Wildman–Crippen LogP) is 4.79. The van der Waals surface area contributed by atoms with Crippen molar-refractivity contribution in [1.29, 1.82) is 0 Å². The van der Waals surface area contributed by atoms with Crippen LogP contribution >= 0.6 is 0 Å². The van der Waals surface area contributed by atoms with Crippen molar-refractivity contribution in [3.05, 3.63) is 101 Å². The van der Waals surface area contributed by atoms with E-state index in [2.05, 4.69) is 34.5 Å². The van der Waals surface area contributed by atoms with E-state index in [9.17, 15) is 4.39 Å². The van der Waals surface area contributed by atoms with Crippen molar-refractivity contribution in [2.24, 2.45) is 0 Å². The molecular formula is C25H27FN2O. The lowest BCUT2D eigenvalue weighted by atomic mass is 9.96. The summed E-state index contributed by atoms with van der Waals surface area (Å²) >= 11 is 0. The van der Waals surface area contributed by atoms with Crippen molar-refractivity contribution in [2.45, 2.75) is 19.1 Å². The molecule has 1 aliphatic rings. The molecule has 1 unspecified atom stereocenters. The van der Waals surface area contributed by atoms with Crippen LogP contribution in [0.4, 0.5) is 4.39 Å². The Morgan fingerprint density at radius 3 is 2.48 bits per heavy atom. The summed E-state index contributed by atoms with van der Waals surface area (Å²) in [4.78, 5) is 2.44. The third-order valence-electron chi connectivity index (χ3n) is 5.33. The van der Waals surface area contributed by atoms with E-state index >= 15 is 0 Å². The zero-order chi connectivity index (χ0) is 19.9. The molecule has 1 fully saturated rings. The predicted molar refractivity (Wildman–Crippen MR) is 115 cm³/mol. The van der Waals surface area contributed by atoms with Crippen molar-refractivity contribution in [1.82, 2.24) is 10.2 Å². The summed E-state index contributed by atoms with van der Waals surface area (Å²) in [5, 5.41) is 3.46. The van der Waals surface area contributed by atoms with Crippen LogP contribution in [-0.2, 0) is 6.61 Å². The third-order valence-corrected chi connectivity index (χ3v) is 5.33. The maximum atomic E-state index is 14.0. The molecule has 3 nitrogen and oxygen atoms in total. The molecule has 1 aliphatic heterocycles. The molecule has 3 aromatic carbocycles. The molecule has 1 saturated heterocycles. The minimum atomic E-state index is -0.197. The van der Waals surface area contributed by atoms with Gasteiger partial charge in [-0.2, -0.15) is 0 Å². The second kappa shape index (κ2) is 9.68. The molecule has 0 saturated carbocycles. The molecule has 0 aromatic heterocycles. The van der Waals surface area contributed by atoms with Gasteiger partial charge >= 0.3 is 0 Å². The maximum absolute atomic E-state index is 14.0. The van der Waals surface area contributed by atoms with Gasteiger partial charge in [-0.1, -0.05) is 54.6 Å². The fraction of sp³-hybridized carbons (Fsp3) is 0.280. The highest BCUT2D eigenvalue weighted by molar-refractivity contribution is 5.37. The van der Waals surface area contributed by atoms with E-state index in [0.717, 1.165) is 55.0 Å². The van der Waals surface area contributed by atoms with E-state index in [0.29, 0.717) is 6.61 Å². The van der Waals surface area contributed by atoms with Crippen LogP contribution in [0.2, 0.25) is 0 Å². The van der Waals surface area contributed by atoms with Crippen LogP contribution in [0.5, 0.6) is 5.75 Å². The first kappa shape index (κ1) is 19.6. The summed E-state index contributed by atoms with van der Waals surface area (Å²) in [6.07, 6.45) is 1.08. The van der Waals surface area contributed by atoms with E-state index in [-0.39, 0.29) is 11.9 Å². The first-order valence-electron chi connectivity index (χ1n) is 10.3. The lowest BCUT2D eigenvalue weighted by Gasteiger charge is -2.31. The first-order valence-corrected chi connectivity index (χ1v) is 10.3. The smallest absolute Gasteiger partial charge is 0.123 e. The van der Waals surface area contributed by atoms with Crippen molar-refractivity contribution in [2.75, 3.05) is 26.2 Å². The zero-order valence-electron chi connectivity index (χ0n) is 16.6. The summed E-state index contributed by atoms with van der Waals surface area (Å²) in [6.45, 7) is 4.39. The normalized spacial score (nSPS) is 16.2. The molecule has 150 valence electrons. The van der Waals surface area contributed by atoms with Gasteiger partial charge in [-0.05, 0) is 53.9 Å². The lowest BCUT2D eigenvalue weighted by molar-refractivity contribution is 0.239. The summed E-state index contributed by atoms with van der Waals surface area (Å²) in [5.74, 6) is 0.637. The fourth-order valence-corrected chi connectivity index (χ4v) is 3.93. The van der Waals surface area contributed by atoms with Gasteiger partial charge in [0.2, 0.25) is 0 Å². The van der Waals surface area contributed by atoms with Gasteiger partial charge in [0.25, 0.3) is 0 Å². The molecule has 29 heavy (non-hydrogen) atoms. The molecule has 4 heteroatoms. The summed E-state index contributed by atoms with van der Waals surface area (Å²) < 4.78 is 20.1. The van der Waals surface area contributed by atoms with Crippen LogP contribution < -0.4 is 10.1 Å². The van der Waals surface area contributed by atoms with Crippen LogP contribution in [0.15, 0.2) is 78.9 Å². The van der Waals surface area contributed by atoms with Crippen LogP contribution in [0.25, 0.3) is 0 Å². The molecule has 0 spiro atoms. The maximum Gasteiger partial charge on any atom is 0.123 e. The number of halogens is 1. The standard InChI is InChI=1S/C25H27FN2O/c26-23-11-4-9-21(17-23)25(28-15-6-13-27-14-16-28)22-10-5-12-24(18-22)29-19-20-7-2-1-3-8-20/h1-5,7-12,17-18,25,27H,6,13-16,19H2. The van der Waals surface area contributed by atoms with Crippen LogP contribution in [0.1, 0.15) is 29.2 Å². The Hall–Kier alpha value is -2.69. The quantitative estimate of drug-likeness (QED) is 0.655. The highest BCUT2D eigenvalue weighted by atomic mass is 19.1. The van der Waals surface area contributed by atoms with Crippen molar-refractivity contribution < 1.29 is 9.13 Å². The number of rotatable bonds is 6. The first-order chi connectivity index (χ1) is 14.3. The number of nitrogens with zero attached hydrogens (tertiary/aromatic N) is 1. The molecule has 3 aromatic rings. The van der Waals surface area contributed by atoms with Crippen LogP contribution in [0, 0.1) is 5.82 Å². The molecule has 0 bridgehead atoms. The van der Waals surface area contributed by atoms with Gasteiger partial charge in [0.1, 0.15) is 18.2 Å². The Morgan fingerprint density at radius 1 is 0.862 bits per heavy atom. The Morgan fingerprint density at radius 2 is 1.66 bits per heavy atom. The second-order valence-electron chi connectivity index (χ2n) is 7.44. The number of benzene rings is 3. The number of hydrogen-bond donors (Lipinski definition) is 1. The molecule has 0 radical (unpaired) electrons. The fourth-order valence-electron chi connectivity index (χ4n) is 3.93. The zero-order valence-corrected chi connectivity index (χ0v) is 16.6. The van der Waals surface area contributed by atoms with E-state index < -0.39 is 0 Å². The van der Waals surface area contributed by atoms with E-state index in [4.69, 9.17) is 4.74 Å². The van der Waals surface area contributed by atoms with Crippen molar-refractivity contribution in [3.63, 3.8) is 0 Å². The van der Waals surface area contributed by atoms with Gasteiger partial charge in [0.15, 0.2) is 0 Å². The molecule has 1 atom stereocenters. The largest absolute Gasteiger partial charge is 0.489 e. The summed E-state index contributed by atoms with van der Waals surface area (Å²) in [5.41, 5.74) is 3.24.